The Morgan fingerprint density at radius 1 is 1.28 bits per heavy atom. The summed E-state index contributed by atoms with van der Waals surface area (Å²) in [5, 5.41) is 0. The van der Waals surface area contributed by atoms with E-state index in [0.29, 0.717) is 5.57 Å². The summed E-state index contributed by atoms with van der Waals surface area (Å²) < 4.78 is 0. The maximum absolute atomic E-state index is 9.41. The van der Waals surface area contributed by atoms with Gasteiger partial charge < -0.3 is 0 Å². The monoisotopic (exact) mass is 248 g/mol. The molecule has 4 unspecified atom stereocenters. The van der Waals surface area contributed by atoms with Gasteiger partial charge >= 0.3 is 0 Å². The van der Waals surface area contributed by atoms with Gasteiger partial charge in [-0.3, -0.25) is 4.79 Å². The van der Waals surface area contributed by atoms with Crippen molar-refractivity contribution in [3.8, 4) is 0 Å². The van der Waals surface area contributed by atoms with Crippen molar-refractivity contribution in [1.29, 1.82) is 0 Å². The number of hydrogen-bond acceptors (Lipinski definition) is 1. The van der Waals surface area contributed by atoms with Gasteiger partial charge in [-0.15, -0.1) is 0 Å². The fraction of sp³-hybridized carbons (Fsp3) is 0.824. The summed E-state index contributed by atoms with van der Waals surface area (Å²) in [6, 6.07) is 0. The minimum absolute atomic E-state index is 0.574. The Morgan fingerprint density at radius 3 is 2.28 bits per heavy atom. The molecule has 0 N–H and O–H groups in total. The molecule has 0 aliphatic heterocycles. The van der Waals surface area contributed by atoms with Crippen LogP contribution in [0.25, 0.3) is 0 Å². The molecule has 0 radical (unpaired) electrons. The Hall–Kier alpha value is -0.590. The van der Waals surface area contributed by atoms with Gasteiger partial charge in [0.1, 0.15) is 6.29 Å². The largest absolute Gasteiger partial charge is 0.298 e. The molecule has 18 heavy (non-hydrogen) atoms. The van der Waals surface area contributed by atoms with Crippen LogP contribution in [0, 0.1) is 28.6 Å². The van der Waals surface area contributed by atoms with E-state index in [1.807, 2.05) is 0 Å². The number of rotatable bonds is 3. The Bertz CT molecular complexity index is 353. The summed E-state index contributed by atoms with van der Waals surface area (Å²) >= 11 is 0. The van der Waals surface area contributed by atoms with Crippen LogP contribution in [0.1, 0.15) is 59.8 Å². The summed E-state index contributed by atoms with van der Waals surface area (Å²) in [5.74, 6) is 3.33. The lowest BCUT2D eigenvalue weighted by molar-refractivity contribution is -0.104. The van der Waals surface area contributed by atoms with Crippen molar-refractivity contribution >= 4 is 6.29 Å². The quantitative estimate of drug-likeness (QED) is 0.526. The van der Waals surface area contributed by atoms with E-state index in [-0.39, 0.29) is 0 Å². The molecule has 3 aliphatic rings. The molecule has 0 aromatic rings. The van der Waals surface area contributed by atoms with Crippen molar-refractivity contribution in [3.63, 3.8) is 0 Å². The first-order chi connectivity index (χ1) is 8.46. The van der Waals surface area contributed by atoms with Gasteiger partial charge in [-0.25, -0.2) is 0 Å². The standard InChI is InChI=1S/C13H22.C4H6O/c1-4-12(5-2)10-6-9(3)7-13(10)8-11(12)13;1-4(2)3-5/h9-11H,4-8H2,1-3H3;3H,1H2,2H3. The lowest BCUT2D eigenvalue weighted by atomic mass is 9.52. The normalized spacial score (nSPS) is 41.7. The van der Waals surface area contributed by atoms with Crippen LogP contribution in [0.4, 0.5) is 0 Å². The van der Waals surface area contributed by atoms with Gasteiger partial charge in [-0.1, -0.05) is 27.4 Å². The number of aldehydes is 1. The van der Waals surface area contributed by atoms with E-state index < -0.39 is 0 Å². The Labute approximate surface area is 112 Å². The lowest BCUT2D eigenvalue weighted by Crippen LogP contribution is -2.46. The second kappa shape index (κ2) is 4.51. The van der Waals surface area contributed by atoms with Gasteiger partial charge in [0.05, 0.1) is 0 Å². The molecule has 1 nitrogen and oxygen atoms in total. The number of carbonyl (C=O) groups is 1. The molecule has 1 spiro atoms. The average molecular weight is 248 g/mol. The van der Waals surface area contributed by atoms with Crippen molar-refractivity contribution in [2.75, 3.05) is 0 Å². The van der Waals surface area contributed by atoms with Crippen LogP contribution in [0.3, 0.4) is 0 Å². The second-order valence-corrected chi connectivity index (χ2v) is 6.99. The minimum atomic E-state index is 0.574. The minimum Gasteiger partial charge on any atom is -0.298 e. The first-order valence-corrected chi connectivity index (χ1v) is 7.57. The molecule has 0 bridgehead atoms. The van der Waals surface area contributed by atoms with E-state index in [9.17, 15) is 4.79 Å². The Balaban J connectivity index is 0.000000209. The van der Waals surface area contributed by atoms with Crippen molar-refractivity contribution < 1.29 is 4.79 Å². The van der Waals surface area contributed by atoms with Crippen molar-refractivity contribution in [2.24, 2.45) is 28.6 Å². The Kier molecular flexibility index (Phi) is 3.46. The van der Waals surface area contributed by atoms with Gasteiger partial charge in [0, 0.05) is 0 Å². The van der Waals surface area contributed by atoms with Crippen LogP contribution in [0.15, 0.2) is 12.2 Å². The zero-order valence-electron chi connectivity index (χ0n) is 12.5. The number of hydrogen-bond donors (Lipinski definition) is 0. The molecule has 4 atom stereocenters. The SMILES string of the molecule is C=C(C)C=O.CCC1(CC)C2CC(C)CC23CC13. The topological polar surface area (TPSA) is 17.1 Å². The molecule has 102 valence electrons. The van der Waals surface area contributed by atoms with Crippen molar-refractivity contribution in [2.45, 2.75) is 59.8 Å². The molecular formula is C17H28O. The van der Waals surface area contributed by atoms with E-state index in [1.165, 1.54) is 12.8 Å². The highest BCUT2D eigenvalue weighted by molar-refractivity contribution is 5.70. The van der Waals surface area contributed by atoms with E-state index in [0.717, 1.165) is 34.9 Å². The summed E-state index contributed by atoms with van der Waals surface area (Å²) in [6.45, 7) is 12.3. The summed E-state index contributed by atoms with van der Waals surface area (Å²) in [4.78, 5) is 9.41. The zero-order valence-corrected chi connectivity index (χ0v) is 12.5. The van der Waals surface area contributed by atoms with Crippen LogP contribution in [0.2, 0.25) is 0 Å². The third-order valence-corrected chi connectivity index (χ3v) is 6.08. The van der Waals surface area contributed by atoms with Crippen LogP contribution in [-0.4, -0.2) is 6.29 Å². The van der Waals surface area contributed by atoms with Crippen molar-refractivity contribution in [1.82, 2.24) is 0 Å². The van der Waals surface area contributed by atoms with E-state index in [2.05, 4.69) is 27.4 Å². The molecule has 3 aliphatic carbocycles. The molecule has 0 amide bonds. The molecule has 0 saturated heterocycles. The maximum atomic E-state index is 9.41. The molecule has 3 fully saturated rings. The second-order valence-electron chi connectivity index (χ2n) is 6.99. The first kappa shape index (κ1) is 13.8. The lowest BCUT2D eigenvalue weighted by Gasteiger charge is -2.52. The van der Waals surface area contributed by atoms with E-state index >= 15 is 0 Å². The smallest absolute Gasteiger partial charge is 0.145 e. The van der Waals surface area contributed by atoms with Gasteiger partial charge in [0.15, 0.2) is 0 Å². The third-order valence-electron chi connectivity index (χ3n) is 6.08. The van der Waals surface area contributed by atoms with Gasteiger partial charge in [0.25, 0.3) is 0 Å². The van der Waals surface area contributed by atoms with Crippen LogP contribution in [-0.2, 0) is 4.79 Å². The molecule has 3 saturated carbocycles. The fourth-order valence-electron chi connectivity index (χ4n) is 5.41. The number of allylic oxidation sites excluding steroid dienone is 1. The summed E-state index contributed by atoms with van der Waals surface area (Å²) in [5.41, 5.74) is 2.29. The first-order valence-electron chi connectivity index (χ1n) is 7.57. The maximum Gasteiger partial charge on any atom is 0.145 e. The highest BCUT2D eigenvalue weighted by Crippen LogP contribution is 2.87. The van der Waals surface area contributed by atoms with Gasteiger partial charge in [-0.2, -0.15) is 0 Å². The predicted molar refractivity (Wildman–Crippen MR) is 76.3 cm³/mol. The van der Waals surface area contributed by atoms with E-state index in [4.69, 9.17) is 0 Å². The average Bonchev–Trinajstić information content (AvgIpc) is 2.89. The molecule has 0 aromatic heterocycles. The molecule has 0 aromatic carbocycles. The highest BCUT2D eigenvalue weighted by Gasteiger charge is 2.80. The van der Waals surface area contributed by atoms with Crippen LogP contribution in [0.5, 0.6) is 0 Å². The molecule has 1 heteroatoms. The van der Waals surface area contributed by atoms with E-state index in [1.54, 1.807) is 26.2 Å². The van der Waals surface area contributed by atoms with Crippen LogP contribution >= 0.6 is 0 Å². The number of carbonyl (C=O) groups excluding carboxylic acids is 1. The van der Waals surface area contributed by atoms with Crippen LogP contribution < -0.4 is 0 Å². The van der Waals surface area contributed by atoms with Gasteiger partial charge in [-0.05, 0) is 73.2 Å². The highest BCUT2D eigenvalue weighted by atomic mass is 16.1. The predicted octanol–water partition coefficient (Wildman–Crippen LogP) is 4.62. The molecular weight excluding hydrogens is 220 g/mol. The summed E-state index contributed by atoms with van der Waals surface area (Å²) in [6.07, 6.45) is 8.35. The fourth-order valence-corrected chi connectivity index (χ4v) is 5.41. The summed E-state index contributed by atoms with van der Waals surface area (Å²) in [7, 11) is 0. The third kappa shape index (κ3) is 1.70. The van der Waals surface area contributed by atoms with Gasteiger partial charge in [0.2, 0.25) is 0 Å². The molecule has 3 rings (SSSR count). The zero-order chi connectivity index (χ0) is 13.6. The Morgan fingerprint density at radius 2 is 1.83 bits per heavy atom. The molecule has 0 heterocycles. The van der Waals surface area contributed by atoms with Crippen molar-refractivity contribution in [3.05, 3.63) is 12.2 Å².